The molecular weight excluding hydrogens is 472 g/mol. The van der Waals surface area contributed by atoms with Crippen LogP contribution in [0.2, 0.25) is 5.02 Å². The minimum Gasteiger partial charge on any atom is -0.545 e. The van der Waals surface area contributed by atoms with Crippen LogP contribution in [0.4, 0.5) is 5.69 Å². The summed E-state index contributed by atoms with van der Waals surface area (Å²) in [7, 11) is 0. The van der Waals surface area contributed by atoms with Crippen LogP contribution in [0, 0.1) is 0 Å². The Labute approximate surface area is 188 Å². The average Bonchev–Trinajstić information content (AvgIpc) is 2.71. The maximum atomic E-state index is 11.0. The summed E-state index contributed by atoms with van der Waals surface area (Å²) in [6.45, 7) is 1.07. The van der Waals surface area contributed by atoms with Crippen molar-refractivity contribution in [3.63, 3.8) is 0 Å². The average molecular weight is 489 g/mol. The lowest BCUT2D eigenvalue weighted by Crippen LogP contribution is -2.34. The fourth-order valence-electron chi connectivity index (χ4n) is 2.73. The molecule has 0 aliphatic rings. The Morgan fingerprint density at radius 2 is 1.52 bits per heavy atom. The number of carboxylic acid groups (broad SMARTS) is 1. The van der Waals surface area contributed by atoms with Crippen LogP contribution < -0.4 is 10.4 Å². The number of hydrogen-bond donors (Lipinski definition) is 1. The molecule has 0 aromatic heterocycles. The van der Waals surface area contributed by atoms with Crippen molar-refractivity contribution in [2.75, 3.05) is 5.32 Å². The number of anilines is 1. The Kier molecular flexibility index (Phi) is 7.25. The molecule has 0 aliphatic heterocycles. The molecule has 3 aromatic carbocycles. The van der Waals surface area contributed by atoms with E-state index in [4.69, 9.17) is 23.8 Å². The predicted octanol–water partition coefficient (Wildman–Crippen LogP) is 4.87. The normalized spacial score (nSPS) is 10.4. The van der Waals surface area contributed by atoms with Gasteiger partial charge in [0, 0.05) is 17.6 Å². The van der Waals surface area contributed by atoms with Gasteiger partial charge in [0.1, 0.15) is 0 Å². The van der Waals surface area contributed by atoms with Crippen molar-refractivity contribution in [1.82, 2.24) is 4.90 Å². The van der Waals surface area contributed by atoms with E-state index in [9.17, 15) is 9.90 Å². The van der Waals surface area contributed by atoms with E-state index in [1.54, 1.807) is 18.2 Å². The lowest BCUT2D eigenvalue weighted by Gasteiger charge is -2.26. The van der Waals surface area contributed by atoms with Crippen molar-refractivity contribution < 1.29 is 9.90 Å². The van der Waals surface area contributed by atoms with Gasteiger partial charge in [0.05, 0.1) is 16.7 Å². The summed E-state index contributed by atoms with van der Waals surface area (Å²) in [5.74, 6) is -1.20. The fourth-order valence-corrected chi connectivity index (χ4v) is 3.42. The summed E-state index contributed by atoms with van der Waals surface area (Å²) in [5.41, 5.74) is 2.88. The molecule has 0 fully saturated rings. The second kappa shape index (κ2) is 9.87. The highest BCUT2D eigenvalue weighted by atomic mass is 79.9. The lowest BCUT2D eigenvalue weighted by molar-refractivity contribution is -0.255. The summed E-state index contributed by atoms with van der Waals surface area (Å²) in [5, 5.41) is 15.3. The number of para-hydroxylation sites is 1. The maximum absolute atomic E-state index is 11.0. The predicted molar refractivity (Wildman–Crippen MR) is 122 cm³/mol. The zero-order chi connectivity index (χ0) is 20.8. The van der Waals surface area contributed by atoms with Crippen LogP contribution in [0.1, 0.15) is 21.5 Å². The van der Waals surface area contributed by atoms with Gasteiger partial charge in [-0.25, -0.2) is 0 Å². The van der Waals surface area contributed by atoms with Gasteiger partial charge in [-0.2, -0.15) is 0 Å². The molecule has 3 aromatic rings. The number of nitrogens with one attached hydrogen (secondary N) is 1. The molecule has 0 atom stereocenters. The molecule has 3 rings (SSSR count). The first-order valence-corrected chi connectivity index (χ1v) is 10.4. The number of halogens is 2. The summed E-state index contributed by atoms with van der Waals surface area (Å²) in [6, 6.07) is 22.0. The van der Waals surface area contributed by atoms with E-state index in [1.165, 1.54) is 12.1 Å². The zero-order valence-corrected chi connectivity index (χ0v) is 18.4. The Hall–Kier alpha value is -2.41. The van der Waals surface area contributed by atoms with E-state index in [-0.39, 0.29) is 5.56 Å². The van der Waals surface area contributed by atoms with Gasteiger partial charge < -0.3 is 20.1 Å². The highest BCUT2D eigenvalue weighted by Gasteiger charge is 2.13. The molecule has 0 radical (unpaired) electrons. The molecule has 0 bridgehead atoms. The molecule has 29 heavy (non-hydrogen) atoms. The van der Waals surface area contributed by atoms with Crippen LogP contribution in [0.5, 0.6) is 0 Å². The number of benzene rings is 3. The summed E-state index contributed by atoms with van der Waals surface area (Å²) < 4.78 is 1.00. The first-order valence-electron chi connectivity index (χ1n) is 8.77. The van der Waals surface area contributed by atoms with Crippen molar-refractivity contribution in [1.29, 1.82) is 0 Å². The van der Waals surface area contributed by atoms with Gasteiger partial charge in [-0.3, -0.25) is 0 Å². The van der Waals surface area contributed by atoms with Crippen LogP contribution in [0.15, 0.2) is 77.3 Å². The lowest BCUT2D eigenvalue weighted by atomic mass is 10.1. The molecule has 7 heteroatoms. The first-order chi connectivity index (χ1) is 13.9. The van der Waals surface area contributed by atoms with Gasteiger partial charge >= 0.3 is 0 Å². The largest absolute Gasteiger partial charge is 0.545 e. The smallest absolute Gasteiger partial charge is 0.174 e. The van der Waals surface area contributed by atoms with E-state index < -0.39 is 5.97 Å². The van der Waals surface area contributed by atoms with Crippen LogP contribution in [-0.4, -0.2) is 16.0 Å². The number of hydrogen-bond acceptors (Lipinski definition) is 3. The molecule has 0 unspecified atom stereocenters. The highest BCUT2D eigenvalue weighted by Crippen LogP contribution is 2.22. The van der Waals surface area contributed by atoms with Gasteiger partial charge in [0.15, 0.2) is 5.11 Å². The summed E-state index contributed by atoms with van der Waals surface area (Å²) in [6.07, 6.45) is 0. The second-order valence-electron chi connectivity index (χ2n) is 6.38. The summed E-state index contributed by atoms with van der Waals surface area (Å²) in [4.78, 5) is 13.0. The number of rotatable bonds is 6. The van der Waals surface area contributed by atoms with Crippen molar-refractivity contribution in [3.8, 4) is 0 Å². The van der Waals surface area contributed by atoms with Crippen LogP contribution >= 0.6 is 39.7 Å². The van der Waals surface area contributed by atoms with Crippen molar-refractivity contribution in [2.24, 2.45) is 0 Å². The van der Waals surface area contributed by atoms with Gasteiger partial charge in [-0.1, -0.05) is 76.1 Å². The Morgan fingerprint density at radius 3 is 2.07 bits per heavy atom. The van der Waals surface area contributed by atoms with Crippen LogP contribution in [0.3, 0.4) is 0 Å². The number of thiocarbonyl (C=S) groups is 1. The molecule has 0 aliphatic carbocycles. The highest BCUT2D eigenvalue weighted by molar-refractivity contribution is 9.10. The topological polar surface area (TPSA) is 55.4 Å². The third kappa shape index (κ3) is 6.03. The van der Waals surface area contributed by atoms with E-state index >= 15 is 0 Å². The molecule has 0 saturated carbocycles. The molecule has 0 amide bonds. The van der Waals surface area contributed by atoms with Crippen LogP contribution in [-0.2, 0) is 13.1 Å². The fraction of sp³-hybridized carbons (Fsp3) is 0.0909. The molecule has 0 saturated heterocycles. The standard InChI is InChI=1S/C22H18BrClN2O2S/c23-18-11-7-16(8-12-18)14-26(13-15-5-9-17(10-6-15)21(27)28)22(29)25-20-4-2-1-3-19(20)24/h1-12H,13-14H2,(H,25,29)(H,27,28)/p-1. The number of carboxylic acids is 1. The molecule has 148 valence electrons. The van der Waals surface area contributed by atoms with Crippen molar-refractivity contribution in [2.45, 2.75) is 13.1 Å². The van der Waals surface area contributed by atoms with E-state index in [2.05, 4.69) is 21.2 Å². The molecule has 0 spiro atoms. The number of carbonyl (C=O) groups excluding carboxylic acids is 1. The Bertz CT molecular complexity index is 1010. The third-order valence-corrected chi connectivity index (χ3v) is 5.47. The van der Waals surface area contributed by atoms with Gasteiger partial charge in [0.2, 0.25) is 0 Å². The van der Waals surface area contributed by atoms with E-state index in [0.717, 1.165) is 21.3 Å². The molecule has 4 nitrogen and oxygen atoms in total. The van der Waals surface area contributed by atoms with Crippen molar-refractivity contribution >= 4 is 56.5 Å². The van der Waals surface area contributed by atoms with E-state index in [1.807, 2.05) is 47.4 Å². The maximum Gasteiger partial charge on any atom is 0.174 e. The molecule has 1 N–H and O–H groups in total. The van der Waals surface area contributed by atoms with E-state index in [0.29, 0.717) is 23.2 Å². The number of aromatic carboxylic acids is 1. The minimum absolute atomic E-state index is 0.143. The van der Waals surface area contributed by atoms with Gasteiger partial charge in [0.25, 0.3) is 0 Å². The van der Waals surface area contributed by atoms with Gasteiger partial charge in [-0.15, -0.1) is 0 Å². The Morgan fingerprint density at radius 1 is 0.966 bits per heavy atom. The zero-order valence-electron chi connectivity index (χ0n) is 15.3. The SMILES string of the molecule is O=C([O-])c1ccc(CN(Cc2ccc(Br)cc2)C(=S)Nc2ccccc2Cl)cc1. The molecular formula is C22H17BrClN2O2S-. The minimum atomic E-state index is -1.20. The number of nitrogens with zero attached hydrogens (tertiary/aromatic N) is 1. The van der Waals surface area contributed by atoms with Crippen molar-refractivity contribution in [3.05, 3.63) is 99.0 Å². The summed E-state index contributed by atoms with van der Waals surface area (Å²) >= 11 is 15.3. The third-order valence-electron chi connectivity index (χ3n) is 4.25. The monoisotopic (exact) mass is 487 g/mol. The molecule has 0 heterocycles. The van der Waals surface area contributed by atoms with Gasteiger partial charge in [-0.05, 0) is 53.2 Å². The Balaban J connectivity index is 1.82. The first kappa shape index (κ1) is 21.3. The quantitative estimate of drug-likeness (QED) is 0.502. The van der Waals surface area contributed by atoms with Crippen LogP contribution in [0.25, 0.3) is 0 Å². The number of carbonyl (C=O) groups is 1. The second-order valence-corrected chi connectivity index (χ2v) is 8.09.